The summed E-state index contributed by atoms with van der Waals surface area (Å²) in [6.07, 6.45) is 1.71. The molecule has 3 aromatic rings. The maximum Gasteiger partial charge on any atom is 0.207 e. The second-order valence-corrected chi connectivity index (χ2v) is 4.92. The lowest BCUT2D eigenvalue weighted by Gasteiger charge is -2.09. The predicted octanol–water partition coefficient (Wildman–Crippen LogP) is 3.42. The van der Waals surface area contributed by atoms with Gasteiger partial charge in [0.15, 0.2) is 5.65 Å². The fraction of sp³-hybridized carbons (Fsp3) is 0. The number of anilines is 1. The van der Waals surface area contributed by atoms with Gasteiger partial charge in [-0.1, -0.05) is 17.7 Å². The number of pyridine rings is 1. The van der Waals surface area contributed by atoms with Crippen LogP contribution in [0.2, 0.25) is 5.02 Å². The minimum absolute atomic E-state index is 0.381. The molecule has 0 aliphatic carbocycles. The van der Waals surface area contributed by atoms with Gasteiger partial charge >= 0.3 is 0 Å². The summed E-state index contributed by atoms with van der Waals surface area (Å²) in [5.41, 5.74) is 8.23. The normalized spacial score (nSPS) is 11.0. The van der Waals surface area contributed by atoms with Gasteiger partial charge in [0, 0.05) is 6.20 Å². The van der Waals surface area contributed by atoms with Gasteiger partial charge in [0.2, 0.25) is 5.95 Å². The van der Waals surface area contributed by atoms with Gasteiger partial charge in [0.1, 0.15) is 5.52 Å². The molecule has 0 bridgehead atoms. The Balaban J connectivity index is 2.38. The van der Waals surface area contributed by atoms with E-state index >= 15 is 0 Å². The molecule has 0 aliphatic rings. The van der Waals surface area contributed by atoms with E-state index in [1.165, 1.54) is 0 Å². The zero-order valence-corrected chi connectivity index (χ0v) is 11.5. The molecule has 2 aromatic heterocycles. The van der Waals surface area contributed by atoms with Gasteiger partial charge in [0.25, 0.3) is 0 Å². The van der Waals surface area contributed by atoms with E-state index in [9.17, 15) is 0 Å². The van der Waals surface area contributed by atoms with Crippen molar-refractivity contribution in [2.45, 2.75) is 0 Å². The summed E-state index contributed by atoms with van der Waals surface area (Å²) in [4.78, 5) is 8.58. The third kappa shape index (κ3) is 1.67. The molecular weight excluding hydrogens is 316 g/mol. The van der Waals surface area contributed by atoms with Gasteiger partial charge in [-0.3, -0.25) is 4.57 Å². The lowest BCUT2D eigenvalue weighted by Crippen LogP contribution is -2.02. The van der Waals surface area contributed by atoms with Crippen molar-refractivity contribution in [2.75, 3.05) is 5.73 Å². The van der Waals surface area contributed by atoms with Crippen molar-refractivity contribution in [3.05, 3.63) is 46.0 Å². The van der Waals surface area contributed by atoms with Gasteiger partial charge in [-0.15, -0.1) is 0 Å². The number of nitrogen functional groups attached to an aromatic ring is 1. The largest absolute Gasteiger partial charge is 0.369 e. The van der Waals surface area contributed by atoms with Gasteiger partial charge in [-0.05, 0) is 40.2 Å². The molecular formula is C12H8BrClN4. The number of halogens is 2. The Morgan fingerprint density at radius 2 is 2.06 bits per heavy atom. The van der Waals surface area contributed by atoms with Gasteiger partial charge in [-0.2, -0.15) is 0 Å². The lowest BCUT2D eigenvalue weighted by atomic mass is 10.3. The molecule has 0 aliphatic heterocycles. The molecule has 3 rings (SSSR count). The maximum atomic E-state index is 6.09. The molecule has 0 atom stereocenters. The van der Waals surface area contributed by atoms with Crippen LogP contribution in [0.5, 0.6) is 0 Å². The topological polar surface area (TPSA) is 56.7 Å². The quantitative estimate of drug-likeness (QED) is 0.746. The summed E-state index contributed by atoms with van der Waals surface area (Å²) in [7, 11) is 0. The van der Waals surface area contributed by atoms with E-state index in [0.717, 1.165) is 15.7 Å². The highest BCUT2D eigenvalue weighted by atomic mass is 79.9. The first-order valence-corrected chi connectivity index (χ1v) is 6.39. The minimum atomic E-state index is 0.381. The van der Waals surface area contributed by atoms with E-state index < -0.39 is 0 Å². The molecule has 0 unspecified atom stereocenters. The Bertz CT molecular complexity index is 738. The van der Waals surface area contributed by atoms with E-state index in [1.807, 2.05) is 24.3 Å². The fourth-order valence-electron chi connectivity index (χ4n) is 1.83. The molecule has 2 N–H and O–H groups in total. The summed E-state index contributed by atoms with van der Waals surface area (Å²) < 4.78 is 2.54. The van der Waals surface area contributed by atoms with E-state index in [-0.39, 0.29) is 0 Å². The Labute approximate surface area is 117 Å². The number of benzene rings is 1. The summed E-state index contributed by atoms with van der Waals surface area (Å²) in [6, 6.07) is 9.26. The number of nitrogens with two attached hydrogens (primary N) is 1. The molecule has 0 spiro atoms. The SMILES string of the molecule is Nc1nc2cccnc2n1-c1cccc(Cl)c1Br. The first kappa shape index (κ1) is 11.5. The number of imidazole rings is 1. The number of hydrogen-bond donors (Lipinski definition) is 1. The minimum Gasteiger partial charge on any atom is -0.369 e. The molecule has 6 heteroatoms. The van der Waals surface area contributed by atoms with Crippen molar-refractivity contribution in [1.82, 2.24) is 14.5 Å². The van der Waals surface area contributed by atoms with Crippen LogP contribution in [0.4, 0.5) is 5.95 Å². The first-order valence-electron chi connectivity index (χ1n) is 5.22. The molecule has 1 aromatic carbocycles. The second kappa shape index (κ2) is 4.26. The first-order chi connectivity index (χ1) is 8.68. The van der Waals surface area contributed by atoms with Gasteiger partial charge in [0.05, 0.1) is 15.2 Å². The van der Waals surface area contributed by atoms with Crippen molar-refractivity contribution < 1.29 is 0 Å². The summed E-state index contributed by atoms with van der Waals surface area (Å²) in [5, 5.41) is 0.615. The lowest BCUT2D eigenvalue weighted by molar-refractivity contribution is 1.08. The fourth-order valence-corrected chi connectivity index (χ4v) is 2.44. The number of nitrogens with zero attached hydrogens (tertiary/aromatic N) is 3. The molecule has 0 radical (unpaired) electrons. The van der Waals surface area contributed by atoms with Crippen LogP contribution in [0, 0.1) is 0 Å². The standard InChI is InChI=1S/C12H8BrClN4/c13-10-7(14)3-1-5-9(10)18-11-8(17-12(18)15)4-2-6-16-11/h1-6H,(H2,15,17). The highest BCUT2D eigenvalue weighted by molar-refractivity contribution is 9.10. The van der Waals surface area contributed by atoms with Crippen LogP contribution in [0.3, 0.4) is 0 Å². The van der Waals surface area contributed by atoms with Gasteiger partial charge in [-0.25, -0.2) is 9.97 Å². The van der Waals surface area contributed by atoms with Crippen LogP contribution in [0.15, 0.2) is 41.0 Å². The van der Waals surface area contributed by atoms with Crippen molar-refractivity contribution >= 4 is 44.6 Å². The smallest absolute Gasteiger partial charge is 0.207 e. The zero-order valence-electron chi connectivity index (χ0n) is 9.14. The van der Waals surface area contributed by atoms with Crippen molar-refractivity contribution in [1.29, 1.82) is 0 Å². The van der Waals surface area contributed by atoms with E-state index in [1.54, 1.807) is 16.8 Å². The van der Waals surface area contributed by atoms with Crippen LogP contribution in [0.25, 0.3) is 16.9 Å². The monoisotopic (exact) mass is 322 g/mol. The molecule has 18 heavy (non-hydrogen) atoms. The van der Waals surface area contributed by atoms with Crippen LogP contribution >= 0.6 is 27.5 Å². The van der Waals surface area contributed by atoms with Crippen LogP contribution in [-0.2, 0) is 0 Å². The van der Waals surface area contributed by atoms with E-state index in [0.29, 0.717) is 16.6 Å². The highest BCUT2D eigenvalue weighted by Gasteiger charge is 2.14. The number of rotatable bonds is 1. The third-order valence-corrected chi connectivity index (χ3v) is 3.99. The predicted molar refractivity (Wildman–Crippen MR) is 76.0 cm³/mol. The molecule has 0 fully saturated rings. The summed E-state index contributed by atoms with van der Waals surface area (Å²) in [5.74, 6) is 0.381. The van der Waals surface area contributed by atoms with Gasteiger partial charge < -0.3 is 5.73 Å². The summed E-state index contributed by atoms with van der Waals surface area (Å²) in [6.45, 7) is 0. The van der Waals surface area contributed by atoms with Crippen LogP contribution < -0.4 is 5.73 Å². The van der Waals surface area contributed by atoms with E-state index in [2.05, 4.69) is 25.9 Å². The number of hydrogen-bond acceptors (Lipinski definition) is 3. The van der Waals surface area contributed by atoms with Crippen LogP contribution in [-0.4, -0.2) is 14.5 Å². The Hall–Kier alpha value is -1.59. The summed E-state index contributed by atoms with van der Waals surface area (Å²) >= 11 is 9.55. The van der Waals surface area contributed by atoms with Crippen molar-refractivity contribution in [3.8, 4) is 5.69 Å². The Morgan fingerprint density at radius 1 is 1.22 bits per heavy atom. The molecule has 90 valence electrons. The number of aromatic nitrogens is 3. The zero-order chi connectivity index (χ0) is 12.7. The third-order valence-electron chi connectivity index (χ3n) is 2.61. The van der Waals surface area contributed by atoms with Crippen LogP contribution in [0.1, 0.15) is 0 Å². The van der Waals surface area contributed by atoms with E-state index in [4.69, 9.17) is 17.3 Å². The molecule has 0 saturated carbocycles. The average molecular weight is 324 g/mol. The molecule has 0 amide bonds. The molecule has 2 heterocycles. The van der Waals surface area contributed by atoms with Crippen molar-refractivity contribution in [3.63, 3.8) is 0 Å². The second-order valence-electron chi connectivity index (χ2n) is 3.72. The average Bonchev–Trinajstić information content (AvgIpc) is 2.69. The Morgan fingerprint density at radius 3 is 2.89 bits per heavy atom. The molecule has 0 saturated heterocycles. The van der Waals surface area contributed by atoms with Crippen molar-refractivity contribution in [2.24, 2.45) is 0 Å². The maximum absolute atomic E-state index is 6.09. The molecule has 4 nitrogen and oxygen atoms in total. The highest BCUT2D eigenvalue weighted by Crippen LogP contribution is 2.32. The Kier molecular flexibility index (Phi) is 2.72. The number of fused-ring (bicyclic) bond motifs is 1.